The maximum Gasteiger partial charge on any atom is 0.272 e. The number of nitrogens with one attached hydrogen (secondary N) is 1. The van der Waals surface area contributed by atoms with E-state index in [1.165, 1.54) is 4.52 Å². The molecule has 4 heterocycles. The van der Waals surface area contributed by atoms with E-state index in [4.69, 9.17) is 4.98 Å². The molecule has 2 aromatic rings. The van der Waals surface area contributed by atoms with Gasteiger partial charge in [-0.25, -0.2) is 9.50 Å². The molecular weight excluding hydrogens is 370 g/mol. The first-order valence-electron chi connectivity index (χ1n) is 10.6. The van der Waals surface area contributed by atoms with Crippen molar-refractivity contribution >= 4 is 17.5 Å². The summed E-state index contributed by atoms with van der Waals surface area (Å²) in [5.74, 6) is 0.429. The van der Waals surface area contributed by atoms with Crippen molar-refractivity contribution in [3.05, 3.63) is 33.4 Å². The van der Waals surface area contributed by atoms with Crippen LogP contribution in [0, 0.1) is 6.92 Å². The summed E-state index contributed by atoms with van der Waals surface area (Å²) in [6, 6.07) is 1.60. The van der Waals surface area contributed by atoms with Crippen LogP contribution in [0.25, 0.3) is 5.65 Å². The summed E-state index contributed by atoms with van der Waals surface area (Å²) in [5.41, 5.74) is 3.40. The molecule has 2 aromatic heterocycles. The maximum atomic E-state index is 12.6. The topological polar surface area (TPSA) is 90.8 Å². The van der Waals surface area contributed by atoms with Crippen molar-refractivity contribution in [2.75, 3.05) is 26.2 Å². The zero-order valence-electron chi connectivity index (χ0n) is 17.2. The van der Waals surface area contributed by atoms with E-state index >= 15 is 0 Å². The first-order valence-corrected chi connectivity index (χ1v) is 10.6. The van der Waals surface area contributed by atoms with Crippen LogP contribution >= 0.6 is 0 Å². The lowest BCUT2D eigenvalue weighted by Crippen LogP contribution is -2.30. The number of H-pyrrole nitrogens is 1. The standard InChI is InChI=1S/C21H29N5O3/c1-3-16-14(2)23-26-20(29)12-17(22-21(16)26)15-8-11-25(13-15)19(28)7-5-10-24-9-4-6-18(24)27/h12,15,23H,3-11,13H2,1-2H3. The predicted molar refractivity (Wildman–Crippen MR) is 109 cm³/mol. The summed E-state index contributed by atoms with van der Waals surface area (Å²) < 4.78 is 1.51. The zero-order chi connectivity index (χ0) is 20.5. The number of carbonyl (C=O) groups excluding carboxylic acids is 2. The third-order valence-corrected chi connectivity index (χ3v) is 6.24. The number of hydrogen-bond donors (Lipinski definition) is 1. The zero-order valence-corrected chi connectivity index (χ0v) is 17.2. The highest BCUT2D eigenvalue weighted by Crippen LogP contribution is 2.27. The normalized spacial score (nSPS) is 19.7. The first kappa shape index (κ1) is 19.7. The number of carbonyl (C=O) groups is 2. The molecule has 1 unspecified atom stereocenters. The van der Waals surface area contributed by atoms with Gasteiger partial charge in [0.15, 0.2) is 5.65 Å². The lowest BCUT2D eigenvalue weighted by Gasteiger charge is -2.18. The Labute approximate surface area is 169 Å². The fraction of sp³-hybridized carbons (Fsp3) is 0.619. The van der Waals surface area contributed by atoms with Crippen molar-refractivity contribution < 1.29 is 9.59 Å². The molecule has 156 valence electrons. The summed E-state index contributed by atoms with van der Waals surface area (Å²) in [7, 11) is 0. The fourth-order valence-corrected chi connectivity index (χ4v) is 4.59. The van der Waals surface area contributed by atoms with Crippen molar-refractivity contribution in [2.45, 2.75) is 58.3 Å². The molecule has 1 atom stereocenters. The number of likely N-dealkylation sites (tertiary alicyclic amines) is 2. The van der Waals surface area contributed by atoms with Crippen molar-refractivity contribution in [1.82, 2.24) is 24.4 Å². The number of aromatic nitrogens is 3. The van der Waals surface area contributed by atoms with E-state index < -0.39 is 0 Å². The van der Waals surface area contributed by atoms with Gasteiger partial charge in [0.05, 0.1) is 5.69 Å². The number of nitrogens with zero attached hydrogens (tertiary/aromatic N) is 4. The van der Waals surface area contributed by atoms with Crippen LogP contribution in [0.1, 0.15) is 61.9 Å². The van der Waals surface area contributed by atoms with Crippen molar-refractivity contribution in [3.63, 3.8) is 0 Å². The lowest BCUT2D eigenvalue weighted by atomic mass is 10.0. The summed E-state index contributed by atoms with van der Waals surface area (Å²) >= 11 is 0. The van der Waals surface area contributed by atoms with E-state index in [0.717, 1.165) is 42.8 Å². The van der Waals surface area contributed by atoms with Crippen molar-refractivity contribution in [1.29, 1.82) is 0 Å². The van der Waals surface area contributed by atoms with Gasteiger partial charge in [0, 0.05) is 62.3 Å². The molecule has 1 N–H and O–H groups in total. The van der Waals surface area contributed by atoms with Crippen LogP contribution in [0.3, 0.4) is 0 Å². The molecule has 29 heavy (non-hydrogen) atoms. The Morgan fingerprint density at radius 2 is 2.14 bits per heavy atom. The number of aromatic amines is 1. The molecule has 0 bridgehead atoms. The molecule has 8 nitrogen and oxygen atoms in total. The van der Waals surface area contributed by atoms with E-state index in [2.05, 4.69) is 12.0 Å². The number of amides is 2. The van der Waals surface area contributed by atoms with Crippen LogP contribution in [-0.2, 0) is 16.0 Å². The minimum Gasteiger partial charge on any atom is -0.343 e. The second kappa shape index (κ2) is 8.00. The van der Waals surface area contributed by atoms with Crippen LogP contribution in [0.2, 0.25) is 0 Å². The molecule has 8 heteroatoms. The van der Waals surface area contributed by atoms with Gasteiger partial charge in [0.25, 0.3) is 5.56 Å². The quantitative estimate of drug-likeness (QED) is 0.799. The van der Waals surface area contributed by atoms with Gasteiger partial charge in [-0.2, -0.15) is 0 Å². The summed E-state index contributed by atoms with van der Waals surface area (Å²) in [5, 5.41) is 3.09. The average molecular weight is 399 g/mol. The molecule has 0 aliphatic carbocycles. The van der Waals surface area contributed by atoms with E-state index in [9.17, 15) is 14.4 Å². The smallest absolute Gasteiger partial charge is 0.272 e. The molecule has 2 fully saturated rings. The molecule has 2 aliphatic heterocycles. The summed E-state index contributed by atoms with van der Waals surface area (Å²) in [4.78, 5) is 45.3. The second-order valence-corrected chi connectivity index (χ2v) is 8.16. The SMILES string of the molecule is CCc1c(C)[nH]n2c(=O)cc(C3CCN(C(=O)CCCN4CCCC4=O)C3)nc12. The van der Waals surface area contributed by atoms with Gasteiger partial charge in [0.2, 0.25) is 11.8 Å². The van der Waals surface area contributed by atoms with Crippen LogP contribution in [0.15, 0.2) is 10.9 Å². The van der Waals surface area contributed by atoms with Gasteiger partial charge in [-0.3, -0.25) is 19.5 Å². The van der Waals surface area contributed by atoms with Gasteiger partial charge in [0.1, 0.15) is 0 Å². The lowest BCUT2D eigenvalue weighted by molar-refractivity contribution is -0.131. The highest BCUT2D eigenvalue weighted by molar-refractivity contribution is 5.78. The van der Waals surface area contributed by atoms with Gasteiger partial charge < -0.3 is 9.80 Å². The Balaban J connectivity index is 1.39. The summed E-state index contributed by atoms with van der Waals surface area (Å²) in [6.07, 6.45) is 4.37. The van der Waals surface area contributed by atoms with E-state index in [1.54, 1.807) is 6.07 Å². The van der Waals surface area contributed by atoms with Gasteiger partial charge in [-0.05, 0) is 32.6 Å². The van der Waals surface area contributed by atoms with Crippen molar-refractivity contribution in [2.24, 2.45) is 0 Å². The van der Waals surface area contributed by atoms with Crippen molar-refractivity contribution in [3.8, 4) is 0 Å². The number of rotatable bonds is 6. The third-order valence-electron chi connectivity index (χ3n) is 6.24. The average Bonchev–Trinajstić information content (AvgIpc) is 3.40. The van der Waals surface area contributed by atoms with Gasteiger partial charge in [-0.1, -0.05) is 6.92 Å². The minimum absolute atomic E-state index is 0.0942. The second-order valence-electron chi connectivity index (χ2n) is 8.16. The third kappa shape index (κ3) is 3.80. The van der Waals surface area contributed by atoms with Gasteiger partial charge in [-0.15, -0.1) is 0 Å². The minimum atomic E-state index is -0.104. The monoisotopic (exact) mass is 399 g/mol. The molecule has 0 aromatic carbocycles. The Kier molecular flexibility index (Phi) is 5.43. The number of fused-ring (bicyclic) bond motifs is 1. The summed E-state index contributed by atoms with van der Waals surface area (Å²) in [6.45, 7) is 6.80. The van der Waals surface area contributed by atoms with Crippen LogP contribution in [0.5, 0.6) is 0 Å². The fourth-order valence-electron chi connectivity index (χ4n) is 4.59. The molecule has 0 spiro atoms. The predicted octanol–water partition coefficient (Wildman–Crippen LogP) is 1.61. The Hall–Kier alpha value is -2.64. The van der Waals surface area contributed by atoms with E-state index in [0.29, 0.717) is 44.5 Å². The highest BCUT2D eigenvalue weighted by Gasteiger charge is 2.29. The molecule has 4 rings (SSSR count). The highest BCUT2D eigenvalue weighted by atomic mass is 16.2. The first-order chi connectivity index (χ1) is 14.0. The Morgan fingerprint density at radius 3 is 2.86 bits per heavy atom. The van der Waals surface area contributed by atoms with Crippen LogP contribution in [0.4, 0.5) is 0 Å². The Morgan fingerprint density at radius 1 is 1.31 bits per heavy atom. The molecule has 2 amide bonds. The van der Waals surface area contributed by atoms with E-state index in [-0.39, 0.29) is 23.3 Å². The number of aryl methyl sites for hydroxylation is 2. The molecule has 0 saturated carbocycles. The maximum absolute atomic E-state index is 12.6. The number of hydrogen-bond acceptors (Lipinski definition) is 4. The Bertz CT molecular complexity index is 992. The van der Waals surface area contributed by atoms with Crippen LogP contribution in [-0.4, -0.2) is 62.4 Å². The van der Waals surface area contributed by atoms with Gasteiger partial charge >= 0.3 is 0 Å². The largest absolute Gasteiger partial charge is 0.343 e. The molecule has 2 aliphatic rings. The van der Waals surface area contributed by atoms with Crippen LogP contribution < -0.4 is 5.56 Å². The molecular formula is C21H29N5O3. The molecule has 0 radical (unpaired) electrons. The molecule has 2 saturated heterocycles. The van der Waals surface area contributed by atoms with E-state index in [1.807, 2.05) is 16.7 Å².